The molecule has 1 atom stereocenters. The van der Waals surface area contributed by atoms with Crippen LogP contribution in [-0.4, -0.2) is 25.2 Å². The second-order valence-corrected chi connectivity index (χ2v) is 5.57. The van der Waals surface area contributed by atoms with Crippen molar-refractivity contribution in [3.8, 4) is 11.1 Å². The van der Waals surface area contributed by atoms with Crippen molar-refractivity contribution in [2.75, 3.05) is 20.2 Å². The Hall–Kier alpha value is -1.92. The lowest BCUT2D eigenvalue weighted by molar-refractivity contribution is -0.141. The highest BCUT2D eigenvalue weighted by Crippen LogP contribution is 2.36. The van der Waals surface area contributed by atoms with Crippen LogP contribution in [0.1, 0.15) is 22.7 Å². The molecule has 0 radical (unpaired) electrons. The number of pyridine rings is 1. The number of rotatable bonds is 3. The molecule has 1 aromatic heterocycles. The van der Waals surface area contributed by atoms with Crippen LogP contribution in [0.4, 0.5) is 13.2 Å². The van der Waals surface area contributed by atoms with E-state index in [1.807, 2.05) is 25.2 Å². The zero-order valence-electron chi connectivity index (χ0n) is 12.7. The number of likely N-dealkylation sites (N-methyl/N-ethyl adjacent to an activating group) is 1. The van der Waals surface area contributed by atoms with Crippen molar-refractivity contribution in [3.63, 3.8) is 0 Å². The largest absolute Gasteiger partial charge is 0.433 e. The zero-order valence-corrected chi connectivity index (χ0v) is 12.7. The van der Waals surface area contributed by atoms with Gasteiger partial charge in [-0.2, -0.15) is 13.2 Å². The first kappa shape index (κ1) is 16.0. The molecule has 1 aliphatic heterocycles. The zero-order chi connectivity index (χ0) is 16.4. The van der Waals surface area contributed by atoms with Crippen LogP contribution in [0, 0.1) is 0 Å². The Labute approximate surface area is 132 Å². The quantitative estimate of drug-likeness (QED) is 0.937. The van der Waals surface area contributed by atoms with E-state index in [4.69, 9.17) is 4.74 Å². The molecule has 2 heterocycles. The number of nitrogens with zero attached hydrogens (tertiary/aromatic N) is 1. The molecule has 3 rings (SSSR count). The van der Waals surface area contributed by atoms with E-state index in [0.29, 0.717) is 18.8 Å². The van der Waals surface area contributed by atoms with Crippen LogP contribution in [0.3, 0.4) is 0 Å². The van der Waals surface area contributed by atoms with E-state index in [0.717, 1.165) is 29.3 Å². The lowest BCUT2D eigenvalue weighted by Crippen LogP contribution is -2.26. The van der Waals surface area contributed by atoms with Crippen LogP contribution in [-0.2, 0) is 17.5 Å². The molecule has 122 valence electrons. The number of benzene rings is 1. The second kappa shape index (κ2) is 6.29. The molecule has 0 bridgehead atoms. The van der Waals surface area contributed by atoms with E-state index in [2.05, 4.69) is 10.3 Å². The maximum atomic E-state index is 12.9. The van der Waals surface area contributed by atoms with Gasteiger partial charge >= 0.3 is 6.18 Å². The summed E-state index contributed by atoms with van der Waals surface area (Å²) in [5.41, 5.74) is 2.50. The molecular formula is C17H17F3N2O. The molecule has 0 spiro atoms. The fourth-order valence-electron chi connectivity index (χ4n) is 2.98. The first-order chi connectivity index (χ1) is 11.0. The Morgan fingerprint density at radius 1 is 1.30 bits per heavy atom. The summed E-state index contributed by atoms with van der Waals surface area (Å²) in [7, 11) is 1.87. The van der Waals surface area contributed by atoms with Crippen LogP contribution < -0.4 is 5.32 Å². The smallest absolute Gasteiger partial charge is 0.376 e. The fraction of sp³-hybridized carbons (Fsp3) is 0.353. The van der Waals surface area contributed by atoms with Crippen molar-refractivity contribution >= 4 is 0 Å². The number of alkyl halides is 3. The van der Waals surface area contributed by atoms with E-state index in [1.165, 1.54) is 6.20 Å². The Kier molecular flexibility index (Phi) is 4.37. The summed E-state index contributed by atoms with van der Waals surface area (Å²) < 4.78 is 44.3. The van der Waals surface area contributed by atoms with Gasteiger partial charge in [-0.3, -0.25) is 4.98 Å². The average molecular weight is 322 g/mol. The van der Waals surface area contributed by atoms with Gasteiger partial charge in [0.15, 0.2) is 0 Å². The molecule has 23 heavy (non-hydrogen) atoms. The highest BCUT2D eigenvalue weighted by molar-refractivity contribution is 5.69. The molecule has 0 amide bonds. The van der Waals surface area contributed by atoms with Gasteiger partial charge < -0.3 is 10.1 Å². The van der Waals surface area contributed by atoms with E-state index in [-0.39, 0.29) is 5.92 Å². The summed E-state index contributed by atoms with van der Waals surface area (Å²) in [6, 6.07) is 8.44. The average Bonchev–Trinajstić information content (AvgIpc) is 2.54. The summed E-state index contributed by atoms with van der Waals surface area (Å²) in [5.74, 6) is 0.202. The molecule has 0 saturated heterocycles. The number of ether oxygens (including phenoxy) is 1. The Morgan fingerprint density at radius 2 is 2.13 bits per heavy atom. The van der Waals surface area contributed by atoms with E-state index >= 15 is 0 Å². The number of halogens is 3. The number of hydrogen-bond donors (Lipinski definition) is 1. The van der Waals surface area contributed by atoms with Crippen LogP contribution >= 0.6 is 0 Å². The summed E-state index contributed by atoms with van der Waals surface area (Å²) >= 11 is 0. The first-order valence-corrected chi connectivity index (χ1v) is 7.38. The van der Waals surface area contributed by atoms with Crippen LogP contribution in [0.25, 0.3) is 11.1 Å². The lowest BCUT2D eigenvalue weighted by atomic mass is 9.87. The summed E-state index contributed by atoms with van der Waals surface area (Å²) in [6.45, 7) is 1.79. The number of hydrogen-bond acceptors (Lipinski definition) is 3. The van der Waals surface area contributed by atoms with E-state index < -0.39 is 11.9 Å². The van der Waals surface area contributed by atoms with Crippen LogP contribution in [0.15, 0.2) is 36.5 Å². The van der Waals surface area contributed by atoms with Gasteiger partial charge in [0.1, 0.15) is 5.69 Å². The third-order valence-electron chi connectivity index (χ3n) is 4.03. The molecule has 0 aliphatic carbocycles. The maximum Gasteiger partial charge on any atom is 0.433 e. The molecule has 1 aliphatic rings. The van der Waals surface area contributed by atoms with Crippen molar-refractivity contribution < 1.29 is 17.9 Å². The van der Waals surface area contributed by atoms with Gasteiger partial charge in [-0.15, -0.1) is 0 Å². The van der Waals surface area contributed by atoms with E-state index in [9.17, 15) is 13.2 Å². The minimum atomic E-state index is -4.45. The van der Waals surface area contributed by atoms with Gasteiger partial charge in [-0.25, -0.2) is 0 Å². The molecule has 1 aromatic carbocycles. The molecule has 0 unspecified atom stereocenters. The molecule has 0 fully saturated rings. The standard InChI is InChI=1S/C17H17F3N2O/c1-21-8-12-9-23-10-15-13(3-2-4-14(12)15)11-5-6-22-16(7-11)17(18,19)20/h2-7,12,21H,8-10H2,1H3/t12-/m0/s1. The normalized spacial score (nSPS) is 17.8. The van der Waals surface area contributed by atoms with Crippen molar-refractivity contribution in [2.24, 2.45) is 0 Å². The molecule has 1 N–H and O–H groups in total. The van der Waals surface area contributed by atoms with Crippen molar-refractivity contribution in [3.05, 3.63) is 53.3 Å². The summed E-state index contributed by atoms with van der Waals surface area (Å²) in [4.78, 5) is 3.43. The fourth-order valence-corrected chi connectivity index (χ4v) is 2.98. The minimum absolute atomic E-state index is 0.202. The SMILES string of the molecule is CNC[C@H]1COCc2c(-c3ccnc(C(F)(F)F)c3)cccc21. The van der Waals surface area contributed by atoms with Gasteiger partial charge in [-0.1, -0.05) is 18.2 Å². The molecule has 0 saturated carbocycles. The second-order valence-electron chi connectivity index (χ2n) is 5.57. The third kappa shape index (κ3) is 3.23. The highest BCUT2D eigenvalue weighted by Gasteiger charge is 2.33. The van der Waals surface area contributed by atoms with Crippen LogP contribution in [0.2, 0.25) is 0 Å². The van der Waals surface area contributed by atoms with Crippen LogP contribution in [0.5, 0.6) is 0 Å². The van der Waals surface area contributed by atoms with Crippen molar-refractivity contribution in [2.45, 2.75) is 18.7 Å². The topological polar surface area (TPSA) is 34.1 Å². The predicted octanol–water partition coefficient (Wildman–Crippen LogP) is 3.60. The Morgan fingerprint density at radius 3 is 2.87 bits per heavy atom. The maximum absolute atomic E-state index is 12.9. The Bertz CT molecular complexity index is 700. The Balaban J connectivity index is 2.06. The van der Waals surface area contributed by atoms with Crippen molar-refractivity contribution in [1.82, 2.24) is 10.3 Å². The lowest BCUT2D eigenvalue weighted by Gasteiger charge is -2.27. The molecule has 2 aromatic rings. The third-order valence-corrected chi connectivity index (χ3v) is 4.03. The van der Waals surface area contributed by atoms with Gasteiger partial charge in [0.05, 0.1) is 13.2 Å². The monoisotopic (exact) mass is 322 g/mol. The van der Waals surface area contributed by atoms with Gasteiger partial charge in [-0.05, 0) is 41.4 Å². The summed E-state index contributed by atoms with van der Waals surface area (Å²) in [5, 5.41) is 3.13. The number of nitrogens with one attached hydrogen (secondary N) is 1. The minimum Gasteiger partial charge on any atom is -0.376 e. The number of aromatic nitrogens is 1. The highest BCUT2D eigenvalue weighted by atomic mass is 19.4. The van der Waals surface area contributed by atoms with Gasteiger partial charge in [0.2, 0.25) is 0 Å². The van der Waals surface area contributed by atoms with E-state index in [1.54, 1.807) is 6.07 Å². The molecule has 3 nitrogen and oxygen atoms in total. The van der Waals surface area contributed by atoms with Crippen molar-refractivity contribution in [1.29, 1.82) is 0 Å². The van der Waals surface area contributed by atoms with Gasteiger partial charge in [0, 0.05) is 18.7 Å². The number of fused-ring (bicyclic) bond motifs is 1. The predicted molar refractivity (Wildman–Crippen MR) is 81.0 cm³/mol. The molecule has 6 heteroatoms. The van der Waals surface area contributed by atoms with Gasteiger partial charge in [0.25, 0.3) is 0 Å². The first-order valence-electron chi connectivity index (χ1n) is 7.38. The summed E-state index contributed by atoms with van der Waals surface area (Å²) in [6.07, 6.45) is -3.25. The molecular weight excluding hydrogens is 305 g/mol.